The van der Waals surface area contributed by atoms with Gasteiger partial charge in [0.15, 0.2) is 11.4 Å². The van der Waals surface area contributed by atoms with Crippen LogP contribution in [0.2, 0.25) is 0 Å². The lowest BCUT2D eigenvalue weighted by atomic mass is 9.73. The molecule has 0 aromatic rings. The number of hydrogen-bond acceptors (Lipinski definition) is 9. The minimum atomic E-state index is -1.79. The Morgan fingerprint density at radius 2 is 1.49 bits per heavy atom. The van der Waals surface area contributed by atoms with Crippen molar-refractivity contribution in [3.05, 3.63) is 24.3 Å². The SMILES string of the molecule is C=C1C(OC(C)=O)[C@H]2[C@@H](OC(C)=O)[C@@H](C)C[C@]2(OC(C)=O)C(=O)[C@H](C)/C=C\C(C)(C)CC[C@H]1OC(C)=O. The summed E-state index contributed by atoms with van der Waals surface area (Å²) in [7, 11) is 0. The summed E-state index contributed by atoms with van der Waals surface area (Å²) in [5, 5.41) is 0. The van der Waals surface area contributed by atoms with E-state index < -0.39 is 71.3 Å². The molecule has 2 aliphatic rings. The molecular formula is C28H40O9. The highest BCUT2D eigenvalue weighted by atomic mass is 16.6. The number of carbonyl (C=O) groups excluding carboxylic acids is 5. The third-order valence-corrected chi connectivity index (χ3v) is 7.13. The molecule has 0 aliphatic heterocycles. The van der Waals surface area contributed by atoms with Crippen molar-refractivity contribution in [2.45, 2.75) is 98.6 Å². The predicted octanol–water partition coefficient (Wildman–Crippen LogP) is 3.88. The molecule has 1 saturated carbocycles. The predicted molar refractivity (Wildman–Crippen MR) is 134 cm³/mol. The Balaban J connectivity index is 2.89. The van der Waals surface area contributed by atoms with Gasteiger partial charge in [0.25, 0.3) is 0 Å². The molecule has 0 N–H and O–H groups in total. The molecule has 0 aromatic carbocycles. The lowest BCUT2D eigenvalue weighted by Gasteiger charge is -2.42. The van der Waals surface area contributed by atoms with Crippen LogP contribution >= 0.6 is 0 Å². The fraction of sp³-hybridized carbons (Fsp3) is 0.679. The van der Waals surface area contributed by atoms with Gasteiger partial charge in [-0.3, -0.25) is 24.0 Å². The highest BCUT2D eigenvalue weighted by Gasteiger charge is 2.65. The van der Waals surface area contributed by atoms with Crippen LogP contribution in [-0.2, 0) is 42.9 Å². The van der Waals surface area contributed by atoms with Crippen LogP contribution in [0.5, 0.6) is 0 Å². The van der Waals surface area contributed by atoms with Gasteiger partial charge in [-0.1, -0.05) is 46.4 Å². The van der Waals surface area contributed by atoms with Crippen LogP contribution in [-0.4, -0.2) is 53.6 Å². The number of Topliss-reactive ketones (excluding diaryl/α,β-unsaturated/α-hetero) is 1. The number of allylic oxidation sites excluding steroid dienone is 2. The summed E-state index contributed by atoms with van der Waals surface area (Å²) in [6.45, 7) is 16.5. The zero-order valence-corrected chi connectivity index (χ0v) is 23.1. The van der Waals surface area contributed by atoms with Crippen molar-refractivity contribution in [2.75, 3.05) is 0 Å². The summed E-state index contributed by atoms with van der Waals surface area (Å²) < 4.78 is 22.9. The summed E-state index contributed by atoms with van der Waals surface area (Å²) >= 11 is 0. The molecule has 0 radical (unpaired) electrons. The monoisotopic (exact) mass is 520 g/mol. The molecule has 0 bridgehead atoms. The van der Waals surface area contributed by atoms with E-state index in [-0.39, 0.29) is 17.4 Å². The number of rotatable bonds is 4. The number of ketones is 1. The summed E-state index contributed by atoms with van der Waals surface area (Å²) in [5.74, 6) is -5.17. The molecular weight excluding hydrogens is 480 g/mol. The largest absolute Gasteiger partial charge is 0.462 e. The molecule has 9 heteroatoms. The quantitative estimate of drug-likeness (QED) is 0.309. The van der Waals surface area contributed by atoms with Crippen molar-refractivity contribution in [1.29, 1.82) is 0 Å². The van der Waals surface area contributed by atoms with E-state index in [2.05, 4.69) is 6.58 Å². The normalized spacial score (nSPS) is 34.7. The van der Waals surface area contributed by atoms with Crippen LogP contribution < -0.4 is 0 Å². The first-order chi connectivity index (χ1) is 17.0. The topological polar surface area (TPSA) is 122 Å². The van der Waals surface area contributed by atoms with Gasteiger partial charge in [0.1, 0.15) is 18.3 Å². The van der Waals surface area contributed by atoms with Crippen molar-refractivity contribution in [2.24, 2.45) is 23.2 Å². The summed E-state index contributed by atoms with van der Waals surface area (Å²) in [4.78, 5) is 63.1. The Hall–Kier alpha value is -2.97. The minimum absolute atomic E-state index is 0.0406. The van der Waals surface area contributed by atoms with Crippen molar-refractivity contribution in [3.63, 3.8) is 0 Å². The Morgan fingerprint density at radius 1 is 0.919 bits per heavy atom. The van der Waals surface area contributed by atoms with Crippen LogP contribution in [0.15, 0.2) is 24.3 Å². The average Bonchev–Trinajstić information content (AvgIpc) is 3.01. The molecule has 0 amide bonds. The summed E-state index contributed by atoms with van der Waals surface area (Å²) in [6, 6.07) is 0. The molecule has 2 rings (SSSR count). The number of fused-ring (bicyclic) bond motifs is 1. The molecule has 2 aliphatic carbocycles. The maximum absolute atomic E-state index is 14.2. The van der Waals surface area contributed by atoms with Crippen LogP contribution in [0.3, 0.4) is 0 Å². The van der Waals surface area contributed by atoms with Crippen LogP contribution in [0.1, 0.15) is 74.7 Å². The second-order valence-electron chi connectivity index (χ2n) is 11.0. The average molecular weight is 521 g/mol. The van der Waals surface area contributed by atoms with Gasteiger partial charge in [0, 0.05) is 45.6 Å². The minimum Gasteiger partial charge on any atom is -0.462 e. The molecule has 1 fully saturated rings. The number of esters is 4. The molecule has 0 heterocycles. The van der Waals surface area contributed by atoms with Gasteiger partial charge in [-0.25, -0.2) is 0 Å². The van der Waals surface area contributed by atoms with Gasteiger partial charge in [0.2, 0.25) is 0 Å². The Bertz CT molecular complexity index is 978. The third-order valence-electron chi connectivity index (χ3n) is 7.13. The lowest BCUT2D eigenvalue weighted by Crippen LogP contribution is -2.56. The molecule has 0 spiro atoms. The van der Waals surface area contributed by atoms with Crippen LogP contribution in [0, 0.1) is 23.2 Å². The molecule has 7 atom stereocenters. The van der Waals surface area contributed by atoms with E-state index in [1.54, 1.807) is 19.9 Å². The van der Waals surface area contributed by atoms with Crippen molar-refractivity contribution >= 4 is 29.7 Å². The van der Waals surface area contributed by atoms with Gasteiger partial charge in [0.05, 0.1) is 5.92 Å². The van der Waals surface area contributed by atoms with Gasteiger partial charge in [-0.2, -0.15) is 0 Å². The zero-order chi connectivity index (χ0) is 28.3. The third kappa shape index (κ3) is 7.08. The number of carbonyl (C=O) groups is 5. The van der Waals surface area contributed by atoms with E-state index in [0.717, 1.165) is 0 Å². The molecule has 0 aromatic heterocycles. The number of ether oxygens (including phenoxy) is 4. The first-order valence-corrected chi connectivity index (χ1v) is 12.6. The summed E-state index contributed by atoms with van der Waals surface area (Å²) in [5.41, 5.74) is -1.94. The number of hydrogen-bond donors (Lipinski definition) is 0. The molecule has 9 nitrogen and oxygen atoms in total. The highest BCUT2D eigenvalue weighted by molar-refractivity contribution is 5.93. The molecule has 0 saturated heterocycles. The lowest BCUT2D eigenvalue weighted by molar-refractivity contribution is -0.185. The van der Waals surface area contributed by atoms with Gasteiger partial charge >= 0.3 is 23.9 Å². The van der Waals surface area contributed by atoms with Gasteiger partial charge in [-0.05, 0) is 24.2 Å². The fourth-order valence-corrected chi connectivity index (χ4v) is 5.56. The van der Waals surface area contributed by atoms with E-state index in [1.165, 1.54) is 27.7 Å². The van der Waals surface area contributed by atoms with Crippen LogP contribution in [0.4, 0.5) is 0 Å². The molecule has 1 unspecified atom stereocenters. The first kappa shape index (κ1) is 30.3. The fourth-order valence-electron chi connectivity index (χ4n) is 5.56. The van der Waals surface area contributed by atoms with Crippen molar-refractivity contribution < 1.29 is 42.9 Å². The van der Waals surface area contributed by atoms with Gasteiger partial charge < -0.3 is 18.9 Å². The van der Waals surface area contributed by atoms with Gasteiger partial charge in [-0.15, -0.1) is 0 Å². The molecule has 37 heavy (non-hydrogen) atoms. The van der Waals surface area contributed by atoms with E-state index in [1.807, 2.05) is 19.9 Å². The van der Waals surface area contributed by atoms with Crippen molar-refractivity contribution in [1.82, 2.24) is 0 Å². The van der Waals surface area contributed by atoms with E-state index >= 15 is 0 Å². The van der Waals surface area contributed by atoms with E-state index in [4.69, 9.17) is 18.9 Å². The van der Waals surface area contributed by atoms with E-state index in [9.17, 15) is 24.0 Å². The Morgan fingerprint density at radius 3 is 2.00 bits per heavy atom. The second-order valence-corrected chi connectivity index (χ2v) is 11.0. The Kier molecular flexibility index (Phi) is 9.49. The van der Waals surface area contributed by atoms with Crippen LogP contribution in [0.25, 0.3) is 0 Å². The molecule has 206 valence electrons. The zero-order valence-electron chi connectivity index (χ0n) is 23.1. The second kappa shape index (κ2) is 11.6. The summed E-state index contributed by atoms with van der Waals surface area (Å²) in [6.07, 6.45) is 1.59. The smallest absolute Gasteiger partial charge is 0.303 e. The van der Waals surface area contributed by atoms with E-state index in [0.29, 0.717) is 12.8 Å². The highest BCUT2D eigenvalue weighted by Crippen LogP contribution is 2.50. The standard InChI is InChI=1S/C28H40O9/c1-15-10-12-27(8,9)13-11-22(34-18(4)29)17(3)25(36-20(6)31)23-24(35-19(5)30)16(2)14-28(23,26(15)33)37-21(7)32/h10,12,15-16,22-25H,3,11,13-14H2,1-2,4-9H3/b12-10-/t15-,16+,22-,23-,24+,25?,28-/m1/s1. The maximum Gasteiger partial charge on any atom is 0.303 e. The Labute approximate surface area is 218 Å². The van der Waals surface area contributed by atoms with Crippen molar-refractivity contribution in [3.8, 4) is 0 Å². The maximum atomic E-state index is 14.2. The first-order valence-electron chi connectivity index (χ1n) is 12.6.